The molecule has 8 rings (SSSR count). The zero-order valence-corrected chi connectivity index (χ0v) is 79.9. The SMILES string of the molecule is CCC(CC)c1ccc(C)c(-c2c[c]([Ge]([CH3])([CH3])[CH3])c(CC(C)C)c[n+]2C)c1.Cc1cc(C(C)C)ccc1-c1c[c]([Ge]([CH3])([CH3])[CH3])c(CC(C)C)c[n+]1C.Cc1ccc(-c2c[c]([Ge]([CH3])([CH3])[CH3])c(CC(C)C)c[n+]2C)c(C)c1.Cc1ccc(C(C)(C)C)cc1-c1c[c]([Ge]([CH3])([CH3])[CH3])c(CC(C)C)c[n+]1C. The van der Waals surface area contributed by atoms with Crippen molar-refractivity contribution in [3.63, 3.8) is 0 Å². The average Bonchev–Trinajstić information content (AvgIpc) is 0.795. The fourth-order valence-corrected chi connectivity index (χ4v) is 29.1. The molecule has 4 nitrogen and oxygen atoms in total. The molecule has 4 aromatic heterocycles. The topological polar surface area (TPSA) is 15.5 Å². The van der Waals surface area contributed by atoms with Gasteiger partial charge in [-0.1, -0.05) is 0 Å². The molecule has 0 spiro atoms. The summed E-state index contributed by atoms with van der Waals surface area (Å²) >= 11 is -7.76. The molecule has 0 N–H and O–H groups in total. The summed E-state index contributed by atoms with van der Waals surface area (Å²) in [5.41, 5.74) is 28.5. The minimum atomic E-state index is -1.96. The normalized spacial score (nSPS) is 12.3. The van der Waals surface area contributed by atoms with Gasteiger partial charge in [0.05, 0.1) is 0 Å². The minimum absolute atomic E-state index is 0.170. The van der Waals surface area contributed by atoms with E-state index in [0.717, 1.165) is 0 Å². The summed E-state index contributed by atoms with van der Waals surface area (Å²) < 4.78 is 16.0. The van der Waals surface area contributed by atoms with Crippen molar-refractivity contribution < 1.29 is 18.3 Å². The van der Waals surface area contributed by atoms with Crippen molar-refractivity contribution in [1.82, 2.24) is 0 Å². The van der Waals surface area contributed by atoms with Gasteiger partial charge in [0.15, 0.2) is 0 Å². The van der Waals surface area contributed by atoms with E-state index in [4.69, 9.17) is 0 Å². The Labute approximate surface area is 632 Å². The number of hydrogen-bond donors (Lipinski definition) is 0. The fourth-order valence-electron chi connectivity index (χ4n) is 14.8. The molecule has 8 heteroatoms. The molecule has 0 aliphatic carbocycles. The molecule has 0 saturated heterocycles. The Bertz CT molecular complexity index is 4080. The number of aromatic nitrogens is 4. The first-order chi connectivity index (χ1) is 46.5. The molecule has 0 saturated carbocycles. The molecule has 4 heterocycles. The van der Waals surface area contributed by atoms with Crippen molar-refractivity contribution >= 4 is 70.6 Å². The van der Waals surface area contributed by atoms with Gasteiger partial charge >= 0.3 is 638 Å². The number of rotatable bonds is 20. The maximum absolute atomic E-state index is 2.54. The van der Waals surface area contributed by atoms with Gasteiger partial charge in [0.25, 0.3) is 0 Å². The standard InChI is InChI=1S/C25H40GeN.C24H38GeN.C23H36GeN.C21H32GeN/c1-10-20(11-2)21-13-12-19(5)23(15-21)25-16-24(26(6,7)8)22(14-18(3)4)17-27(25)9;1-17(2)13-19-16-26(10)23(15-22(19)25(7,8)9)21-14-20(24(4,5)6)12-11-18(21)3;1-16(2)12-20-15-25(9)23(14-22(20)24(6,7)8)21-11-10-19(17(3)4)13-18(21)5;1-15(2)11-18-14-23(8)21(13-20(18)22(5,6)7)19-10-9-16(3)12-17(19)4/h12-13,15-18,20H,10-11,14H2,1-9H3;11-12,14-17H,13H2,1-10H3;10-11,13-17H,12H2,1-9H3;9-10,12-15H,11H2,1-8H3/q4*+1. The molecule has 0 unspecified atom stereocenters. The summed E-state index contributed by atoms with van der Waals surface area (Å²) in [6, 6.07) is 37.9. The predicted molar refractivity (Wildman–Crippen MR) is 458 cm³/mol. The summed E-state index contributed by atoms with van der Waals surface area (Å²) in [4.78, 5) is 0. The van der Waals surface area contributed by atoms with Crippen LogP contribution in [0.25, 0.3) is 45.0 Å². The van der Waals surface area contributed by atoms with Crippen LogP contribution < -0.4 is 35.9 Å². The van der Waals surface area contributed by atoms with Gasteiger partial charge in [0.2, 0.25) is 0 Å². The summed E-state index contributed by atoms with van der Waals surface area (Å²) in [6.45, 7) is 45.7. The molecule has 101 heavy (non-hydrogen) atoms. The molecule has 4 aromatic carbocycles. The van der Waals surface area contributed by atoms with Gasteiger partial charge in [-0.3, -0.25) is 0 Å². The van der Waals surface area contributed by atoms with Crippen molar-refractivity contribution in [2.45, 2.75) is 263 Å². The second kappa shape index (κ2) is 36.3. The molecule has 0 atom stereocenters. The summed E-state index contributed by atoms with van der Waals surface area (Å²) in [6.07, 6.45) is 16.7. The fraction of sp³-hybridized carbons (Fsp3) is 0.527. The zero-order valence-electron chi connectivity index (χ0n) is 71.5. The van der Waals surface area contributed by atoms with E-state index in [-0.39, 0.29) is 5.41 Å². The number of nitrogens with zero attached hydrogens (tertiary/aromatic N) is 4. The molecule has 0 amide bonds. The van der Waals surface area contributed by atoms with Gasteiger partial charge in [-0.15, -0.1) is 0 Å². The van der Waals surface area contributed by atoms with Crippen LogP contribution in [0.4, 0.5) is 0 Å². The van der Waals surface area contributed by atoms with Crippen LogP contribution in [0.5, 0.6) is 0 Å². The second-order valence-electron chi connectivity index (χ2n) is 37.6. The van der Waals surface area contributed by atoms with E-state index in [1.807, 2.05) is 0 Å². The molecular weight excluding hydrogens is 1460 g/mol. The van der Waals surface area contributed by atoms with Crippen LogP contribution in [0.2, 0.25) is 69.1 Å². The zero-order chi connectivity index (χ0) is 76.5. The molecule has 0 aliphatic heterocycles. The molecule has 0 aliphatic rings. The Morgan fingerprint density at radius 2 is 0.624 bits per heavy atom. The summed E-state index contributed by atoms with van der Waals surface area (Å²) in [7, 11) is 8.83. The van der Waals surface area contributed by atoms with E-state index in [1.165, 1.54) is 128 Å². The first-order valence-corrected chi connectivity index (χ1v) is 68.4. The average molecular weight is 1610 g/mol. The third-order valence-corrected chi connectivity index (χ3v) is 37.9. The van der Waals surface area contributed by atoms with Crippen molar-refractivity contribution in [2.75, 3.05) is 0 Å². The number of aryl methyl sites for hydroxylation is 9. The molecular formula is C93H146Ge4N4+4. The maximum atomic E-state index is 2.54. The van der Waals surface area contributed by atoms with Crippen molar-refractivity contribution in [3.05, 3.63) is 189 Å². The van der Waals surface area contributed by atoms with Gasteiger partial charge in [-0.2, -0.15) is 0 Å². The second-order valence-corrected chi connectivity index (χ2v) is 79.9. The molecule has 0 bridgehead atoms. The van der Waals surface area contributed by atoms with Gasteiger partial charge in [-0.05, 0) is 0 Å². The van der Waals surface area contributed by atoms with Crippen molar-refractivity contribution in [3.8, 4) is 45.0 Å². The van der Waals surface area contributed by atoms with Crippen LogP contribution in [0, 0.1) is 58.3 Å². The third kappa shape index (κ3) is 24.3. The number of pyridine rings is 4. The van der Waals surface area contributed by atoms with E-state index < -0.39 is 53.1 Å². The molecule has 0 fully saturated rings. The summed E-state index contributed by atoms with van der Waals surface area (Å²) in [5, 5.41) is 0. The van der Waals surface area contributed by atoms with Crippen LogP contribution in [-0.2, 0) is 59.3 Å². The Morgan fingerprint density at radius 1 is 0.327 bits per heavy atom. The Hall–Kier alpha value is -4.35. The Balaban J connectivity index is 0.000000243. The van der Waals surface area contributed by atoms with Gasteiger partial charge < -0.3 is 0 Å². The Kier molecular flexibility index (Phi) is 31.4. The molecule has 550 valence electrons. The molecule has 0 radical (unpaired) electrons. The van der Waals surface area contributed by atoms with Crippen LogP contribution in [0.3, 0.4) is 0 Å². The monoisotopic (exact) mass is 1610 g/mol. The Morgan fingerprint density at radius 3 is 0.911 bits per heavy atom. The van der Waals surface area contributed by atoms with Gasteiger partial charge in [-0.25, -0.2) is 0 Å². The van der Waals surface area contributed by atoms with E-state index in [9.17, 15) is 0 Å². The van der Waals surface area contributed by atoms with Crippen LogP contribution in [0.15, 0.2) is 122 Å². The quantitative estimate of drug-likeness (QED) is 0.0534. The van der Waals surface area contributed by atoms with Crippen LogP contribution in [0.1, 0.15) is 195 Å². The van der Waals surface area contributed by atoms with Crippen LogP contribution in [-0.4, -0.2) is 53.1 Å². The molecule has 8 aromatic rings. The first kappa shape index (κ1) is 87.3. The summed E-state index contributed by atoms with van der Waals surface area (Å²) in [5.74, 6) is 34.2. The van der Waals surface area contributed by atoms with Gasteiger partial charge in [0, 0.05) is 0 Å². The van der Waals surface area contributed by atoms with Crippen molar-refractivity contribution in [2.24, 2.45) is 51.9 Å². The predicted octanol–water partition coefficient (Wildman–Crippen LogP) is 21.6. The van der Waals surface area contributed by atoms with Crippen LogP contribution >= 0.6 is 0 Å². The van der Waals surface area contributed by atoms with E-state index in [0.29, 0.717) is 35.5 Å². The van der Waals surface area contributed by atoms with Gasteiger partial charge in [0.1, 0.15) is 0 Å². The first-order valence-electron chi connectivity index (χ1n) is 39.0. The van der Waals surface area contributed by atoms with E-state index in [2.05, 4.69) is 376 Å². The number of hydrogen-bond acceptors (Lipinski definition) is 0. The van der Waals surface area contributed by atoms with Crippen molar-refractivity contribution in [1.29, 1.82) is 0 Å². The van der Waals surface area contributed by atoms with E-state index >= 15 is 0 Å². The number of benzene rings is 4. The van der Waals surface area contributed by atoms with E-state index in [1.54, 1.807) is 39.8 Å². The third-order valence-electron chi connectivity index (χ3n) is 20.4.